The number of likely N-dealkylation sites (tertiary alicyclic amines) is 1. The maximum atomic E-state index is 12.6. The van der Waals surface area contributed by atoms with E-state index in [1.807, 2.05) is 36.4 Å². The van der Waals surface area contributed by atoms with Crippen LogP contribution in [0.2, 0.25) is 0 Å². The molecule has 1 heterocycles. The molecule has 7 nitrogen and oxygen atoms in total. The number of hydrogen-bond donors (Lipinski definition) is 3. The average molecular weight is 423 g/mol. The molecule has 31 heavy (non-hydrogen) atoms. The molecule has 0 aromatic heterocycles. The molecule has 164 valence electrons. The van der Waals surface area contributed by atoms with E-state index in [2.05, 4.69) is 26.9 Å². The van der Waals surface area contributed by atoms with Crippen molar-refractivity contribution in [2.75, 3.05) is 37.4 Å². The standard InChI is InChI=1S/C24H30N4O3/c1-31-22-10-3-2-9-20(22)21(28-13-4-5-14-28)16-25-24(30)27-19-8-6-7-18(15-19)26-23(29)17-11-12-17/h2-3,6-10,15,17,21H,4-5,11-14,16H2,1H3,(H,26,29)(H2,25,27,30). The molecule has 2 aromatic rings. The first-order valence-corrected chi connectivity index (χ1v) is 11.0. The van der Waals surface area contributed by atoms with Gasteiger partial charge in [0.1, 0.15) is 5.75 Å². The second-order valence-corrected chi connectivity index (χ2v) is 8.18. The number of carbonyl (C=O) groups excluding carboxylic acids is 2. The number of nitrogens with one attached hydrogen (secondary N) is 3. The van der Waals surface area contributed by atoms with Gasteiger partial charge in [-0.2, -0.15) is 0 Å². The van der Waals surface area contributed by atoms with E-state index in [4.69, 9.17) is 4.74 Å². The molecule has 1 aliphatic carbocycles. The number of nitrogens with zero attached hydrogens (tertiary/aromatic N) is 1. The van der Waals surface area contributed by atoms with Gasteiger partial charge in [-0.3, -0.25) is 9.69 Å². The first kappa shape index (κ1) is 21.2. The van der Waals surface area contributed by atoms with Crippen LogP contribution < -0.4 is 20.7 Å². The fourth-order valence-corrected chi connectivity index (χ4v) is 4.06. The Bertz CT molecular complexity index is 923. The Kier molecular flexibility index (Phi) is 6.72. The van der Waals surface area contributed by atoms with Crippen LogP contribution in [0.1, 0.15) is 37.3 Å². The molecule has 0 spiro atoms. The lowest BCUT2D eigenvalue weighted by Crippen LogP contribution is -2.38. The highest BCUT2D eigenvalue weighted by molar-refractivity contribution is 5.95. The van der Waals surface area contributed by atoms with Gasteiger partial charge in [-0.05, 0) is 63.0 Å². The predicted molar refractivity (Wildman–Crippen MR) is 121 cm³/mol. The number of carbonyl (C=O) groups is 2. The monoisotopic (exact) mass is 422 g/mol. The number of urea groups is 1. The zero-order valence-electron chi connectivity index (χ0n) is 17.9. The molecular formula is C24H30N4O3. The number of para-hydroxylation sites is 1. The van der Waals surface area contributed by atoms with E-state index < -0.39 is 0 Å². The Morgan fingerprint density at radius 1 is 1.03 bits per heavy atom. The molecule has 7 heteroatoms. The minimum Gasteiger partial charge on any atom is -0.496 e. The van der Waals surface area contributed by atoms with Crippen molar-refractivity contribution < 1.29 is 14.3 Å². The molecule has 4 rings (SSSR count). The Morgan fingerprint density at radius 3 is 2.45 bits per heavy atom. The molecule has 1 unspecified atom stereocenters. The number of anilines is 2. The number of methoxy groups -OCH3 is 1. The van der Waals surface area contributed by atoms with Gasteiger partial charge in [0, 0.05) is 29.4 Å². The highest BCUT2D eigenvalue weighted by Gasteiger charge is 2.29. The summed E-state index contributed by atoms with van der Waals surface area (Å²) in [6, 6.07) is 15.0. The van der Waals surface area contributed by atoms with Crippen molar-refractivity contribution in [2.45, 2.75) is 31.7 Å². The topological polar surface area (TPSA) is 82.7 Å². The Balaban J connectivity index is 1.38. The Morgan fingerprint density at radius 2 is 1.74 bits per heavy atom. The minimum atomic E-state index is -0.273. The normalized spacial score (nSPS) is 17.1. The van der Waals surface area contributed by atoms with Crippen LogP contribution in [0.4, 0.5) is 16.2 Å². The summed E-state index contributed by atoms with van der Waals surface area (Å²) in [5.74, 6) is 1.02. The van der Waals surface area contributed by atoms with Gasteiger partial charge in [0.2, 0.25) is 5.91 Å². The van der Waals surface area contributed by atoms with E-state index in [0.29, 0.717) is 17.9 Å². The summed E-state index contributed by atoms with van der Waals surface area (Å²) < 4.78 is 5.56. The molecule has 2 aromatic carbocycles. The largest absolute Gasteiger partial charge is 0.496 e. The smallest absolute Gasteiger partial charge is 0.319 e. The summed E-state index contributed by atoms with van der Waals surface area (Å²) >= 11 is 0. The van der Waals surface area contributed by atoms with E-state index in [9.17, 15) is 9.59 Å². The third-order valence-corrected chi connectivity index (χ3v) is 5.87. The van der Waals surface area contributed by atoms with Crippen LogP contribution in [0.15, 0.2) is 48.5 Å². The van der Waals surface area contributed by atoms with Gasteiger partial charge in [0.25, 0.3) is 0 Å². The quantitative estimate of drug-likeness (QED) is 0.600. The zero-order chi connectivity index (χ0) is 21.6. The van der Waals surface area contributed by atoms with Crippen LogP contribution in [0, 0.1) is 5.92 Å². The van der Waals surface area contributed by atoms with E-state index in [0.717, 1.165) is 50.1 Å². The van der Waals surface area contributed by atoms with Gasteiger partial charge < -0.3 is 20.7 Å². The third kappa shape index (κ3) is 5.55. The molecule has 1 atom stereocenters. The second kappa shape index (κ2) is 9.83. The summed E-state index contributed by atoms with van der Waals surface area (Å²) in [5, 5.41) is 8.79. The molecule has 1 saturated carbocycles. The lowest BCUT2D eigenvalue weighted by molar-refractivity contribution is -0.117. The molecule has 0 bridgehead atoms. The first-order valence-electron chi connectivity index (χ1n) is 11.0. The maximum Gasteiger partial charge on any atom is 0.319 e. The molecule has 3 N–H and O–H groups in total. The summed E-state index contributed by atoms with van der Waals surface area (Å²) in [5.41, 5.74) is 2.41. The Hall–Kier alpha value is -3.06. The summed E-state index contributed by atoms with van der Waals surface area (Å²) in [6.45, 7) is 2.49. The first-order chi connectivity index (χ1) is 15.1. The van der Waals surface area contributed by atoms with Crippen LogP contribution >= 0.6 is 0 Å². The minimum absolute atomic E-state index is 0.0480. The van der Waals surface area contributed by atoms with Crippen molar-refractivity contribution >= 4 is 23.3 Å². The highest BCUT2D eigenvalue weighted by Crippen LogP contribution is 2.32. The SMILES string of the molecule is COc1ccccc1C(CNC(=O)Nc1cccc(NC(=O)C2CC2)c1)N1CCCC1. The number of amides is 3. The van der Waals surface area contributed by atoms with Crippen LogP contribution in [0.25, 0.3) is 0 Å². The summed E-state index contributed by atoms with van der Waals surface area (Å²) in [7, 11) is 1.68. The van der Waals surface area contributed by atoms with Gasteiger partial charge in [0.05, 0.1) is 13.2 Å². The lowest BCUT2D eigenvalue weighted by Gasteiger charge is -2.29. The summed E-state index contributed by atoms with van der Waals surface area (Å²) in [6.07, 6.45) is 4.24. The van der Waals surface area contributed by atoms with E-state index in [-0.39, 0.29) is 23.9 Å². The molecular weight excluding hydrogens is 392 g/mol. The Labute approximate surface area is 183 Å². The van der Waals surface area contributed by atoms with E-state index >= 15 is 0 Å². The molecule has 2 aliphatic rings. The highest BCUT2D eigenvalue weighted by atomic mass is 16.5. The number of hydrogen-bond acceptors (Lipinski definition) is 4. The van der Waals surface area contributed by atoms with Crippen LogP contribution in [0.5, 0.6) is 5.75 Å². The van der Waals surface area contributed by atoms with E-state index in [1.165, 1.54) is 0 Å². The van der Waals surface area contributed by atoms with Crippen molar-refractivity contribution in [3.05, 3.63) is 54.1 Å². The van der Waals surface area contributed by atoms with Crippen molar-refractivity contribution in [2.24, 2.45) is 5.92 Å². The van der Waals surface area contributed by atoms with Gasteiger partial charge in [-0.25, -0.2) is 4.79 Å². The predicted octanol–water partition coefficient (Wildman–Crippen LogP) is 4.00. The fraction of sp³-hybridized carbons (Fsp3) is 0.417. The number of benzene rings is 2. The lowest BCUT2D eigenvalue weighted by atomic mass is 10.0. The van der Waals surface area contributed by atoms with Crippen molar-refractivity contribution in [3.8, 4) is 5.75 Å². The molecule has 0 radical (unpaired) electrons. The van der Waals surface area contributed by atoms with Crippen molar-refractivity contribution in [1.82, 2.24) is 10.2 Å². The fourth-order valence-electron chi connectivity index (χ4n) is 4.06. The molecule has 2 fully saturated rings. The van der Waals surface area contributed by atoms with Crippen LogP contribution in [0.3, 0.4) is 0 Å². The summed E-state index contributed by atoms with van der Waals surface area (Å²) in [4.78, 5) is 27.0. The molecule has 3 amide bonds. The zero-order valence-corrected chi connectivity index (χ0v) is 17.9. The van der Waals surface area contributed by atoms with Crippen molar-refractivity contribution in [1.29, 1.82) is 0 Å². The number of rotatable bonds is 8. The maximum absolute atomic E-state index is 12.6. The third-order valence-electron chi connectivity index (χ3n) is 5.87. The van der Waals surface area contributed by atoms with Crippen LogP contribution in [-0.4, -0.2) is 43.6 Å². The van der Waals surface area contributed by atoms with Crippen LogP contribution in [-0.2, 0) is 4.79 Å². The van der Waals surface area contributed by atoms with E-state index in [1.54, 1.807) is 13.2 Å². The van der Waals surface area contributed by atoms with Crippen molar-refractivity contribution in [3.63, 3.8) is 0 Å². The van der Waals surface area contributed by atoms with Gasteiger partial charge >= 0.3 is 6.03 Å². The van der Waals surface area contributed by atoms with Gasteiger partial charge in [0.15, 0.2) is 0 Å². The second-order valence-electron chi connectivity index (χ2n) is 8.18. The molecule has 1 saturated heterocycles. The number of ether oxygens (including phenoxy) is 1. The van der Waals surface area contributed by atoms with Gasteiger partial charge in [-0.15, -0.1) is 0 Å². The van der Waals surface area contributed by atoms with Gasteiger partial charge in [-0.1, -0.05) is 24.3 Å². The average Bonchev–Trinajstić information content (AvgIpc) is 3.50. The molecule has 1 aliphatic heterocycles.